The average Bonchev–Trinajstić information content (AvgIpc) is 2.85. The summed E-state index contributed by atoms with van der Waals surface area (Å²) in [5.41, 5.74) is 1.36. The van der Waals surface area contributed by atoms with Crippen molar-refractivity contribution >= 4 is 11.8 Å². The molecule has 2 aliphatic rings. The Bertz CT molecular complexity index is 945. The fraction of sp³-hybridized carbons (Fsp3) is 0.577. The van der Waals surface area contributed by atoms with E-state index < -0.39 is 6.61 Å². The third-order valence-electron chi connectivity index (χ3n) is 7.09. The molecule has 2 unspecified atom stereocenters. The van der Waals surface area contributed by atoms with Gasteiger partial charge in [0, 0.05) is 38.3 Å². The number of carbonyl (C=O) groups is 1. The number of halogens is 2. The summed E-state index contributed by atoms with van der Waals surface area (Å²) in [4.78, 5) is 27.5. The van der Waals surface area contributed by atoms with E-state index in [4.69, 9.17) is 0 Å². The van der Waals surface area contributed by atoms with Crippen molar-refractivity contribution in [3.8, 4) is 5.88 Å². The molecule has 2 aliphatic heterocycles. The lowest BCUT2D eigenvalue weighted by atomic mass is 9.93. The number of amides is 2. The van der Waals surface area contributed by atoms with E-state index >= 15 is 0 Å². The molecule has 36 heavy (non-hydrogen) atoms. The van der Waals surface area contributed by atoms with E-state index in [9.17, 15) is 13.6 Å². The molecule has 1 aromatic heterocycles. The van der Waals surface area contributed by atoms with Crippen LogP contribution in [0.25, 0.3) is 0 Å². The Kier molecular flexibility index (Phi) is 8.90. The van der Waals surface area contributed by atoms with Crippen LogP contribution in [-0.4, -0.2) is 77.2 Å². The maximum Gasteiger partial charge on any atom is 0.388 e. The molecule has 8 nitrogen and oxygen atoms in total. The van der Waals surface area contributed by atoms with Gasteiger partial charge in [-0.15, -0.1) is 0 Å². The highest BCUT2D eigenvalue weighted by molar-refractivity contribution is 5.75. The Balaban J connectivity index is 1.18. The summed E-state index contributed by atoms with van der Waals surface area (Å²) in [5.74, 6) is 1.00. The number of benzene rings is 1. The maximum absolute atomic E-state index is 13.0. The fourth-order valence-electron chi connectivity index (χ4n) is 5.28. The number of ether oxygens (including phenoxy) is 1. The van der Waals surface area contributed by atoms with Gasteiger partial charge in [0.25, 0.3) is 0 Å². The number of piperidine rings is 1. The fourth-order valence-corrected chi connectivity index (χ4v) is 5.28. The van der Waals surface area contributed by atoms with Crippen molar-refractivity contribution in [1.29, 1.82) is 0 Å². The van der Waals surface area contributed by atoms with Gasteiger partial charge >= 0.3 is 12.6 Å². The van der Waals surface area contributed by atoms with Crippen LogP contribution in [0.2, 0.25) is 0 Å². The van der Waals surface area contributed by atoms with Gasteiger partial charge in [-0.25, -0.2) is 14.8 Å². The first kappa shape index (κ1) is 26.1. The minimum atomic E-state index is -2.93. The lowest BCUT2D eigenvalue weighted by Crippen LogP contribution is -2.61. The van der Waals surface area contributed by atoms with E-state index in [2.05, 4.69) is 55.3 Å². The molecule has 2 amide bonds. The lowest BCUT2D eigenvalue weighted by Gasteiger charge is -2.44. The number of carbonyl (C=O) groups excluding carboxylic acids is 1. The Labute approximate surface area is 211 Å². The third-order valence-corrected chi connectivity index (χ3v) is 7.09. The molecule has 4 rings (SSSR count). The second-order valence-corrected chi connectivity index (χ2v) is 9.83. The lowest BCUT2D eigenvalue weighted by molar-refractivity contribution is -0.0531. The molecule has 1 aromatic carbocycles. The van der Waals surface area contributed by atoms with Crippen molar-refractivity contribution < 1.29 is 18.3 Å². The molecule has 0 spiro atoms. The van der Waals surface area contributed by atoms with Gasteiger partial charge in [0.05, 0.1) is 12.4 Å². The van der Waals surface area contributed by atoms with Crippen LogP contribution in [0.5, 0.6) is 5.88 Å². The van der Waals surface area contributed by atoms with Crippen LogP contribution in [0.3, 0.4) is 0 Å². The average molecular weight is 503 g/mol. The molecule has 2 aromatic rings. The molecule has 1 N–H and O–H groups in total. The number of urea groups is 1. The van der Waals surface area contributed by atoms with E-state index in [-0.39, 0.29) is 24.0 Å². The first-order valence-electron chi connectivity index (χ1n) is 12.7. The molecule has 0 aliphatic carbocycles. The second kappa shape index (κ2) is 12.3. The first-order valence-corrected chi connectivity index (χ1v) is 12.7. The van der Waals surface area contributed by atoms with Crippen molar-refractivity contribution in [3.63, 3.8) is 0 Å². The summed E-state index contributed by atoms with van der Waals surface area (Å²) in [6.45, 7) is 6.13. The van der Waals surface area contributed by atoms with Crippen molar-refractivity contribution in [3.05, 3.63) is 48.3 Å². The summed E-state index contributed by atoms with van der Waals surface area (Å²) in [6.07, 6.45) is 5.95. The van der Waals surface area contributed by atoms with E-state index in [1.807, 2.05) is 23.6 Å². The normalized spacial score (nSPS) is 21.6. The molecule has 0 bridgehead atoms. The molecule has 3 heterocycles. The number of likely N-dealkylation sites (tertiary alicyclic amines) is 1. The molecule has 0 radical (unpaired) electrons. The smallest absolute Gasteiger partial charge is 0.388 e. The van der Waals surface area contributed by atoms with E-state index in [1.165, 1.54) is 18.0 Å². The first-order chi connectivity index (χ1) is 17.4. The van der Waals surface area contributed by atoms with Crippen molar-refractivity contribution in [1.82, 2.24) is 25.1 Å². The van der Waals surface area contributed by atoms with Gasteiger partial charge in [-0.2, -0.15) is 8.78 Å². The number of alkyl halides is 2. The number of piperazine rings is 1. The molecule has 196 valence electrons. The minimum absolute atomic E-state index is 0.0336. The number of nitrogens with zero attached hydrogens (tertiary/aromatic N) is 5. The quantitative estimate of drug-likeness (QED) is 0.589. The van der Waals surface area contributed by atoms with Crippen LogP contribution in [0.15, 0.2) is 42.7 Å². The molecule has 2 fully saturated rings. The zero-order chi connectivity index (χ0) is 25.5. The summed E-state index contributed by atoms with van der Waals surface area (Å²) in [6, 6.07) is 10.5. The maximum atomic E-state index is 13.0. The van der Waals surface area contributed by atoms with Crippen molar-refractivity contribution in [2.45, 2.75) is 58.3 Å². The summed E-state index contributed by atoms with van der Waals surface area (Å²) in [5, 5.41) is 3.13. The summed E-state index contributed by atoms with van der Waals surface area (Å²) >= 11 is 0. The Morgan fingerprint density at radius 3 is 2.39 bits per heavy atom. The van der Waals surface area contributed by atoms with Crippen molar-refractivity contribution in [2.24, 2.45) is 5.92 Å². The highest BCUT2D eigenvalue weighted by Gasteiger charge is 2.33. The van der Waals surface area contributed by atoms with Crippen LogP contribution in [0.1, 0.15) is 38.7 Å². The van der Waals surface area contributed by atoms with Gasteiger partial charge in [0.2, 0.25) is 5.88 Å². The van der Waals surface area contributed by atoms with Gasteiger partial charge in [-0.05, 0) is 57.7 Å². The predicted molar refractivity (Wildman–Crippen MR) is 134 cm³/mol. The van der Waals surface area contributed by atoms with Crippen LogP contribution in [-0.2, 0) is 6.54 Å². The minimum Gasteiger partial charge on any atom is -0.415 e. The van der Waals surface area contributed by atoms with Gasteiger partial charge in [0.15, 0.2) is 0 Å². The number of nitrogens with one attached hydrogen (secondary N) is 1. The molecule has 2 saturated heterocycles. The molecular weight excluding hydrogens is 466 g/mol. The second-order valence-electron chi connectivity index (χ2n) is 9.83. The molecule has 2 atom stereocenters. The van der Waals surface area contributed by atoms with E-state index in [1.54, 1.807) is 0 Å². The number of anilines is 1. The number of aromatic nitrogens is 2. The third kappa shape index (κ3) is 7.02. The highest BCUT2D eigenvalue weighted by atomic mass is 19.3. The Morgan fingerprint density at radius 2 is 1.78 bits per heavy atom. The zero-order valence-electron chi connectivity index (χ0n) is 21.0. The molecule has 10 heteroatoms. The Hall–Kier alpha value is -3.01. The van der Waals surface area contributed by atoms with Gasteiger partial charge in [0.1, 0.15) is 5.82 Å². The predicted octanol–water partition coefficient (Wildman–Crippen LogP) is 3.99. The molecule has 0 saturated carbocycles. The topological polar surface area (TPSA) is 73.8 Å². The van der Waals surface area contributed by atoms with Crippen LogP contribution in [0, 0.1) is 5.92 Å². The monoisotopic (exact) mass is 502 g/mol. The number of rotatable bonds is 8. The van der Waals surface area contributed by atoms with Crippen LogP contribution >= 0.6 is 0 Å². The Morgan fingerprint density at radius 1 is 1.08 bits per heavy atom. The van der Waals surface area contributed by atoms with Crippen LogP contribution in [0.4, 0.5) is 19.4 Å². The summed E-state index contributed by atoms with van der Waals surface area (Å²) in [7, 11) is 0. The van der Waals surface area contributed by atoms with Crippen LogP contribution < -0.4 is 15.0 Å². The van der Waals surface area contributed by atoms with E-state index in [0.29, 0.717) is 31.4 Å². The largest absolute Gasteiger partial charge is 0.415 e. The van der Waals surface area contributed by atoms with E-state index in [0.717, 1.165) is 38.9 Å². The van der Waals surface area contributed by atoms with Gasteiger partial charge in [-0.3, -0.25) is 4.90 Å². The SMILES string of the molecule is CC1CN(c2cnc(OC(F)F)cn2)CC(C)N1C(=O)NCCC1CCN(Cc2ccccc2)CC1. The standard InChI is InChI=1S/C26H36F2N6O2/c1-19-16-33(23-14-31-24(15-30-23)36-25(27)28)17-20(2)34(19)26(35)29-11-8-21-9-12-32(13-10-21)18-22-6-4-3-5-7-22/h3-7,14-15,19-21,25H,8-13,16-18H2,1-2H3,(H,29,35). The number of hydrogen-bond acceptors (Lipinski definition) is 6. The highest BCUT2D eigenvalue weighted by Crippen LogP contribution is 2.23. The van der Waals surface area contributed by atoms with Gasteiger partial charge in [-0.1, -0.05) is 30.3 Å². The summed E-state index contributed by atoms with van der Waals surface area (Å²) < 4.78 is 28.9. The number of hydrogen-bond donors (Lipinski definition) is 1. The molecular formula is C26H36F2N6O2. The zero-order valence-corrected chi connectivity index (χ0v) is 21.0. The van der Waals surface area contributed by atoms with Gasteiger partial charge < -0.3 is 19.9 Å². The van der Waals surface area contributed by atoms with Crippen molar-refractivity contribution in [2.75, 3.05) is 37.6 Å².